The van der Waals surface area contributed by atoms with Gasteiger partial charge in [-0.05, 0) is 69.5 Å². The number of hydrogen-bond donors (Lipinski definition) is 0. The fourth-order valence-corrected chi connectivity index (χ4v) is 7.67. The van der Waals surface area contributed by atoms with E-state index in [9.17, 15) is 0 Å². The molecule has 0 saturated carbocycles. The average molecular weight is 1000 g/mol. The Bertz CT molecular complexity index is 2140. The summed E-state index contributed by atoms with van der Waals surface area (Å²) < 4.78 is 8.83. The molecule has 1 unspecified atom stereocenters. The molecule has 6 rings (SSSR count). The summed E-state index contributed by atoms with van der Waals surface area (Å²) in [4.78, 5) is 5.70. The minimum atomic E-state index is -0.339. The molecule has 0 aliphatic heterocycles. The van der Waals surface area contributed by atoms with Crippen LogP contribution in [0.2, 0.25) is 0 Å². The van der Waals surface area contributed by atoms with Gasteiger partial charge in [-0.25, -0.2) is 4.98 Å². The van der Waals surface area contributed by atoms with Crippen LogP contribution in [0.4, 0.5) is 5.69 Å². The Labute approximate surface area is 395 Å². The number of nitrogens with zero attached hydrogens (tertiary/aromatic N) is 6. The third kappa shape index (κ3) is 13.8. The fourth-order valence-electron chi connectivity index (χ4n) is 7.67. The van der Waals surface area contributed by atoms with Gasteiger partial charge in [-0.2, -0.15) is 42.3 Å². The number of imidazole rings is 1. The monoisotopic (exact) mass is 1000 g/mol. The zero-order valence-corrected chi connectivity index (χ0v) is 44.7. The summed E-state index contributed by atoms with van der Waals surface area (Å²) in [5.41, 5.74) is 13.2. The van der Waals surface area contributed by atoms with Crippen LogP contribution >= 0.6 is 0 Å². The SMILES string of the molecule is CCc1oc2ccccc2c1-c1cn(Cc2ccccc2)c(C([N-]c2c(C(C)C)cccc2C(C)C)c2c(C(C)C)cc(C(C)C)cc2C(C)C)n1.C[N-]C.C[N-]C.C[N-]C.[Hf+4]. The molecule has 2 aromatic heterocycles. The van der Waals surface area contributed by atoms with Gasteiger partial charge in [0.2, 0.25) is 0 Å². The summed E-state index contributed by atoms with van der Waals surface area (Å²) in [6.07, 6.45) is 3.04. The molecule has 7 nitrogen and oxygen atoms in total. The molecule has 0 saturated heterocycles. The second kappa shape index (κ2) is 26.7. The molecule has 1 atom stereocenters. The summed E-state index contributed by atoms with van der Waals surface area (Å²) in [7, 11) is 10.5. The van der Waals surface area contributed by atoms with Crippen LogP contribution in [0.3, 0.4) is 0 Å². The van der Waals surface area contributed by atoms with E-state index < -0.39 is 0 Å². The fraction of sp³-hybridized carbons (Fsp3) is 0.463. The predicted octanol–water partition coefficient (Wildman–Crippen LogP) is 16.2. The quantitative estimate of drug-likeness (QED) is 0.108. The summed E-state index contributed by atoms with van der Waals surface area (Å²) in [6, 6.07) is 30.5. The molecule has 0 amide bonds. The minimum Gasteiger partial charge on any atom is -0.671 e. The van der Waals surface area contributed by atoms with E-state index in [1.165, 1.54) is 38.9 Å². The zero-order valence-electron chi connectivity index (χ0n) is 41.1. The first-order valence-corrected chi connectivity index (χ1v) is 22.2. The summed E-state index contributed by atoms with van der Waals surface area (Å²) in [5.74, 6) is 3.58. The van der Waals surface area contributed by atoms with Crippen LogP contribution in [0.15, 0.2) is 95.5 Å². The largest absolute Gasteiger partial charge is 4.00 e. The van der Waals surface area contributed by atoms with Crippen LogP contribution < -0.4 is 0 Å². The van der Waals surface area contributed by atoms with Crippen molar-refractivity contribution >= 4 is 16.7 Å². The number of aryl methyl sites for hydroxylation is 1. The Kier molecular flexibility index (Phi) is 23.4. The van der Waals surface area contributed by atoms with E-state index in [2.05, 4.69) is 182 Å². The number of hydrogen-bond acceptors (Lipinski definition) is 2. The zero-order chi connectivity index (χ0) is 45.4. The molecule has 6 aromatic rings. The van der Waals surface area contributed by atoms with Crippen molar-refractivity contribution in [3.8, 4) is 11.3 Å². The molecule has 0 aliphatic carbocycles. The van der Waals surface area contributed by atoms with Crippen LogP contribution in [0.5, 0.6) is 0 Å². The van der Waals surface area contributed by atoms with Crippen molar-refractivity contribution in [2.24, 2.45) is 0 Å². The van der Waals surface area contributed by atoms with Crippen LogP contribution in [0.25, 0.3) is 43.5 Å². The molecule has 0 aliphatic rings. The predicted molar refractivity (Wildman–Crippen MR) is 266 cm³/mol. The van der Waals surface area contributed by atoms with Crippen molar-refractivity contribution in [1.82, 2.24) is 9.55 Å². The maximum Gasteiger partial charge on any atom is 4.00 e. The Morgan fingerprint density at radius 2 is 1.08 bits per heavy atom. The number of para-hydroxylation sites is 2. The Morgan fingerprint density at radius 3 is 1.55 bits per heavy atom. The van der Waals surface area contributed by atoms with Crippen LogP contribution in [-0.4, -0.2) is 51.8 Å². The standard InChI is InChI=1S/C48H58N3O.3C2H6N.Hf/c1-12-42-45(38-21-16-17-24-43(38)52-42)41-28-51(27-34-19-14-13-15-20-34)48(49-41)47(50-46-36(30(4)5)22-18-23-37(46)31(6)7)44-39(32(8)9)25-35(29(2)3)26-40(44)33(10)11;3*1-3-2;/h13-26,28-33,47H,12,27H2,1-11H3;3*1-2H3;/q4*-1;+4. The molecule has 0 radical (unpaired) electrons. The summed E-state index contributed by atoms with van der Waals surface area (Å²) in [5, 5.41) is 17.6. The van der Waals surface area contributed by atoms with Gasteiger partial charge in [-0.15, -0.1) is 5.69 Å². The molecule has 0 N–H and O–H groups in total. The van der Waals surface area contributed by atoms with E-state index in [0.717, 1.165) is 45.9 Å². The van der Waals surface area contributed by atoms with Crippen molar-refractivity contribution in [3.63, 3.8) is 0 Å². The second-order valence-electron chi connectivity index (χ2n) is 17.4. The van der Waals surface area contributed by atoms with Crippen molar-refractivity contribution in [2.75, 3.05) is 42.3 Å². The Morgan fingerprint density at radius 1 is 0.597 bits per heavy atom. The first kappa shape index (κ1) is 54.3. The van der Waals surface area contributed by atoms with Gasteiger partial charge in [0.25, 0.3) is 0 Å². The molecule has 2 heterocycles. The van der Waals surface area contributed by atoms with Gasteiger partial charge in [0, 0.05) is 24.5 Å². The van der Waals surface area contributed by atoms with Gasteiger partial charge in [-0.3, -0.25) is 0 Å². The van der Waals surface area contributed by atoms with Gasteiger partial charge < -0.3 is 30.3 Å². The van der Waals surface area contributed by atoms with Crippen molar-refractivity contribution < 1.29 is 30.3 Å². The molecule has 0 fully saturated rings. The first-order valence-electron chi connectivity index (χ1n) is 22.2. The number of aromatic nitrogens is 2. The minimum absolute atomic E-state index is 0. The van der Waals surface area contributed by atoms with Crippen molar-refractivity contribution in [3.05, 3.63) is 163 Å². The first-order chi connectivity index (χ1) is 29.1. The smallest absolute Gasteiger partial charge is 0.671 e. The Hall–Kier alpha value is -3.82. The number of rotatable bonds is 13. The van der Waals surface area contributed by atoms with Crippen molar-refractivity contribution in [1.29, 1.82) is 0 Å². The number of benzene rings is 4. The third-order valence-electron chi connectivity index (χ3n) is 10.5. The summed E-state index contributed by atoms with van der Waals surface area (Å²) >= 11 is 0. The normalized spacial score (nSPS) is 11.5. The van der Waals surface area contributed by atoms with Gasteiger partial charge in [0.1, 0.15) is 11.3 Å². The van der Waals surface area contributed by atoms with Crippen LogP contribution in [0, 0.1) is 0 Å². The van der Waals surface area contributed by atoms with E-state index >= 15 is 0 Å². The van der Waals surface area contributed by atoms with Gasteiger partial charge in [-0.1, -0.05) is 166 Å². The molecule has 62 heavy (non-hydrogen) atoms. The number of furan rings is 1. The molecule has 332 valence electrons. The van der Waals surface area contributed by atoms with E-state index in [1.807, 2.05) is 6.07 Å². The van der Waals surface area contributed by atoms with Crippen LogP contribution in [0.1, 0.15) is 162 Å². The second-order valence-corrected chi connectivity index (χ2v) is 17.4. The van der Waals surface area contributed by atoms with E-state index in [1.54, 1.807) is 42.3 Å². The maximum absolute atomic E-state index is 6.46. The van der Waals surface area contributed by atoms with Crippen molar-refractivity contribution in [2.45, 2.75) is 125 Å². The molecule has 4 aromatic carbocycles. The number of fused-ring (bicyclic) bond motifs is 1. The molecule has 0 spiro atoms. The molecule has 0 bridgehead atoms. The van der Waals surface area contributed by atoms with Crippen LogP contribution in [-0.2, 0) is 38.8 Å². The maximum atomic E-state index is 6.46. The molecular weight excluding hydrogens is 927 g/mol. The topological polar surface area (TPSA) is 87.4 Å². The van der Waals surface area contributed by atoms with E-state index in [0.29, 0.717) is 36.1 Å². The van der Waals surface area contributed by atoms with Gasteiger partial charge >= 0.3 is 25.8 Å². The third-order valence-corrected chi connectivity index (χ3v) is 10.5. The van der Waals surface area contributed by atoms with Gasteiger partial charge in [0.05, 0.1) is 17.1 Å². The average Bonchev–Trinajstić information content (AvgIpc) is 3.81. The van der Waals surface area contributed by atoms with E-state index in [-0.39, 0.29) is 31.9 Å². The summed E-state index contributed by atoms with van der Waals surface area (Å²) in [6.45, 7) is 25.9. The van der Waals surface area contributed by atoms with Gasteiger partial charge in [0.15, 0.2) is 0 Å². The Balaban J connectivity index is 0.00000122. The molecule has 8 heteroatoms. The molecular formula is C54H76HfN6O. The van der Waals surface area contributed by atoms with E-state index in [4.69, 9.17) is 14.7 Å².